The number of benzene rings is 1. The molecule has 5 atom stereocenters. The predicted molar refractivity (Wildman–Crippen MR) is 195 cm³/mol. The fourth-order valence-electron chi connectivity index (χ4n) is 6.34. The highest BCUT2D eigenvalue weighted by atomic mass is 31.2. The standard InChI is InChI=1S/C35H54N7O11P/c1-20(2)29-34(48)39-25(19-27(36)43)32(46)41-30(21(3)4)35(49)42-17-9-10-26(42)33(47)37-16-8-6-5-7-11-28(44)38-24(31(45)40-29)18-22-12-14-23(15-13-22)53-54(50,51)52/h12-15,20-21,24-26,29-30H,5-11,16-19H2,1-4H3,(H2,36,43)(H,37,47)(H,38,44)(H,39,48)(H,40,45)(H,41,46)(H2,50,51,52)/t24-,25+,26+,29+,30+/m1/s1. The van der Waals surface area contributed by atoms with Crippen molar-refractivity contribution < 1.29 is 52.4 Å². The molecule has 2 heterocycles. The summed E-state index contributed by atoms with van der Waals surface area (Å²) in [6.07, 6.45) is 2.91. The number of fused-ring (bicyclic) bond motifs is 1. The van der Waals surface area contributed by atoms with E-state index in [4.69, 9.17) is 15.5 Å². The van der Waals surface area contributed by atoms with Crippen LogP contribution in [-0.4, -0.2) is 99.3 Å². The zero-order valence-corrected chi connectivity index (χ0v) is 32.1. The topological polar surface area (TPSA) is 276 Å². The molecule has 2 aliphatic rings. The van der Waals surface area contributed by atoms with Crippen molar-refractivity contribution in [3.8, 4) is 5.75 Å². The maximum Gasteiger partial charge on any atom is 0.524 e. The summed E-state index contributed by atoms with van der Waals surface area (Å²) in [6.45, 7) is 7.39. The SMILES string of the molecule is CC(C)[C@@H]1NC(=O)[C@@H](Cc2ccc(OP(=O)(O)O)cc2)NC(=O)CCCCCCNC(=O)[C@@H]2CCCN2C(=O)[C@H](C(C)C)NC(=O)[C@H](CC(N)=O)NC1=O. The van der Waals surface area contributed by atoms with Crippen LogP contribution in [0.15, 0.2) is 24.3 Å². The van der Waals surface area contributed by atoms with Crippen LogP contribution >= 0.6 is 7.82 Å². The maximum atomic E-state index is 13.8. The van der Waals surface area contributed by atoms with Crippen LogP contribution in [0.2, 0.25) is 0 Å². The van der Waals surface area contributed by atoms with Gasteiger partial charge in [0.2, 0.25) is 41.4 Å². The van der Waals surface area contributed by atoms with Crippen LogP contribution in [0.25, 0.3) is 0 Å². The third-order valence-electron chi connectivity index (χ3n) is 9.22. The average Bonchev–Trinajstić information content (AvgIpc) is 3.57. The molecule has 0 aromatic heterocycles. The zero-order chi connectivity index (χ0) is 40.2. The quantitative estimate of drug-likeness (QED) is 0.161. The van der Waals surface area contributed by atoms with Gasteiger partial charge in [-0.25, -0.2) is 4.57 Å². The predicted octanol–water partition coefficient (Wildman–Crippen LogP) is -0.101. The number of nitrogens with zero attached hydrogens (tertiary/aromatic N) is 1. The van der Waals surface area contributed by atoms with Gasteiger partial charge < -0.3 is 41.7 Å². The highest BCUT2D eigenvalue weighted by Gasteiger charge is 2.40. The second-order valence-electron chi connectivity index (χ2n) is 14.4. The molecule has 19 heteroatoms. The molecule has 9 N–H and O–H groups in total. The molecule has 0 bridgehead atoms. The Morgan fingerprint density at radius 1 is 0.815 bits per heavy atom. The second kappa shape index (κ2) is 20.2. The number of rotatable bonds is 8. The summed E-state index contributed by atoms with van der Waals surface area (Å²) in [5.74, 6) is -5.66. The van der Waals surface area contributed by atoms with Gasteiger partial charge in [-0.1, -0.05) is 52.7 Å². The van der Waals surface area contributed by atoms with E-state index in [9.17, 15) is 38.1 Å². The monoisotopic (exact) mass is 779 g/mol. The molecule has 1 aromatic rings. The number of hydrogen-bond acceptors (Lipinski definition) is 9. The lowest BCUT2D eigenvalue weighted by molar-refractivity contribution is -0.143. The summed E-state index contributed by atoms with van der Waals surface area (Å²) in [4.78, 5) is 113. The molecule has 54 heavy (non-hydrogen) atoms. The minimum atomic E-state index is -4.81. The molecule has 7 amide bonds. The molecule has 3 rings (SSSR count). The summed E-state index contributed by atoms with van der Waals surface area (Å²) in [6, 6.07) is -0.280. The lowest BCUT2D eigenvalue weighted by atomic mass is 9.99. The first-order valence-electron chi connectivity index (χ1n) is 18.3. The lowest BCUT2D eigenvalue weighted by Crippen LogP contribution is -2.61. The van der Waals surface area contributed by atoms with Gasteiger partial charge in [0.05, 0.1) is 6.42 Å². The van der Waals surface area contributed by atoms with Crippen LogP contribution in [0.1, 0.15) is 84.6 Å². The van der Waals surface area contributed by atoms with Gasteiger partial charge in [0.25, 0.3) is 0 Å². The van der Waals surface area contributed by atoms with E-state index in [-0.39, 0.29) is 24.5 Å². The smallest absolute Gasteiger partial charge is 0.404 e. The molecule has 0 radical (unpaired) electrons. The van der Waals surface area contributed by atoms with Crippen molar-refractivity contribution in [3.63, 3.8) is 0 Å². The van der Waals surface area contributed by atoms with E-state index in [0.29, 0.717) is 57.2 Å². The van der Waals surface area contributed by atoms with Crippen molar-refractivity contribution in [3.05, 3.63) is 29.8 Å². The van der Waals surface area contributed by atoms with E-state index in [1.165, 1.54) is 29.2 Å². The van der Waals surface area contributed by atoms with Gasteiger partial charge in [-0.2, -0.15) is 0 Å². The van der Waals surface area contributed by atoms with Crippen molar-refractivity contribution in [2.45, 2.75) is 116 Å². The average molecular weight is 780 g/mol. The number of amides is 7. The summed E-state index contributed by atoms with van der Waals surface area (Å²) in [5.41, 5.74) is 5.94. The molecular weight excluding hydrogens is 725 g/mol. The van der Waals surface area contributed by atoms with E-state index in [0.717, 1.165) is 0 Å². The van der Waals surface area contributed by atoms with Gasteiger partial charge in [0.15, 0.2) is 0 Å². The largest absolute Gasteiger partial charge is 0.524 e. The first-order chi connectivity index (χ1) is 25.4. The Hall–Kier alpha value is -4.54. The van der Waals surface area contributed by atoms with Crippen LogP contribution in [0.3, 0.4) is 0 Å². The minimum absolute atomic E-state index is 0.0742. The Balaban J connectivity index is 1.92. The van der Waals surface area contributed by atoms with Crippen LogP contribution in [-0.2, 0) is 44.5 Å². The zero-order valence-electron chi connectivity index (χ0n) is 31.2. The fourth-order valence-corrected chi connectivity index (χ4v) is 6.73. The number of phosphoric ester groups is 1. The number of nitrogens with two attached hydrogens (primary N) is 1. The van der Waals surface area contributed by atoms with Crippen LogP contribution in [0, 0.1) is 11.8 Å². The lowest BCUT2D eigenvalue weighted by Gasteiger charge is -2.32. The number of primary amides is 1. The van der Waals surface area contributed by atoms with Crippen molar-refractivity contribution in [2.24, 2.45) is 17.6 Å². The minimum Gasteiger partial charge on any atom is -0.404 e. The Bertz CT molecular complexity index is 1570. The summed E-state index contributed by atoms with van der Waals surface area (Å²) in [7, 11) is -4.81. The number of hydrogen-bond donors (Lipinski definition) is 8. The van der Waals surface area contributed by atoms with Crippen molar-refractivity contribution in [1.82, 2.24) is 31.5 Å². The third kappa shape index (κ3) is 13.7. The Morgan fingerprint density at radius 3 is 2.04 bits per heavy atom. The molecule has 0 unspecified atom stereocenters. The fraction of sp³-hybridized carbons (Fsp3) is 0.629. The number of carbonyl (C=O) groups is 7. The van der Waals surface area contributed by atoms with E-state index in [2.05, 4.69) is 31.1 Å². The van der Waals surface area contributed by atoms with Gasteiger partial charge >= 0.3 is 7.82 Å². The molecule has 0 aliphatic carbocycles. The van der Waals surface area contributed by atoms with Crippen LogP contribution in [0.4, 0.5) is 0 Å². The second-order valence-corrected chi connectivity index (χ2v) is 15.6. The molecule has 300 valence electrons. The summed E-state index contributed by atoms with van der Waals surface area (Å²) >= 11 is 0. The van der Waals surface area contributed by atoms with Crippen molar-refractivity contribution in [2.75, 3.05) is 13.1 Å². The van der Waals surface area contributed by atoms with Crippen molar-refractivity contribution in [1.29, 1.82) is 0 Å². The number of carbonyl (C=O) groups excluding carboxylic acids is 7. The number of phosphoric acid groups is 1. The Kier molecular flexibility index (Phi) is 16.4. The molecule has 18 nitrogen and oxygen atoms in total. The Morgan fingerprint density at radius 2 is 1.43 bits per heavy atom. The molecule has 2 aliphatic heterocycles. The maximum absolute atomic E-state index is 13.8. The third-order valence-corrected chi connectivity index (χ3v) is 9.67. The summed E-state index contributed by atoms with van der Waals surface area (Å²) in [5, 5.41) is 13.4. The van der Waals surface area contributed by atoms with E-state index in [1.54, 1.807) is 27.7 Å². The highest BCUT2D eigenvalue weighted by Crippen LogP contribution is 2.37. The number of nitrogens with one attached hydrogen (secondary N) is 5. The van der Waals surface area contributed by atoms with Crippen molar-refractivity contribution >= 4 is 49.2 Å². The highest BCUT2D eigenvalue weighted by molar-refractivity contribution is 7.46. The molecule has 2 saturated heterocycles. The van der Waals surface area contributed by atoms with E-state index in [1.807, 2.05) is 0 Å². The van der Waals surface area contributed by atoms with Crippen LogP contribution < -0.4 is 36.8 Å². The molecule has 0 spiro atoms. The van der Waals surface area contributed by atoms with Gasteiger partial charge in [-0.15, -0.1) is 0 Å². The first-order valence-corrected chi connectivity index (χ1v) is 19.8. The van der Waals surface area contributed by atoms with E-state index < -0.39 is 91.7 Å². The van der Waals surface area contributed by atoms with Crippen LogP contribution in [0.5, 0.6) is 5.75 Å². The molecule has 2 fully saturated rings. The van der Waals surface area contributed by atoms with Gasteiger partial charge in [-0.3, -0.25) is 43.3 Å². The molecular formula is C35H54N7O11P. The van der Waals surface area contributed by atoms with Gasteiger partial charge in [-0.05, 0) is 55.2 Å². The van der Waals surface area contributed by atoms with Gasteiger partial charge in [0, 0.05) is 25.9 Å². The van der Waals surface area contributed by atoms with Gasteiger partial charge in [0.1, 0.15) is 36.0 Å². The summed E-state index contributed by atoms with van der Waals surface area (Å²) < 4.78 is 15.8. The first kappa shape index (κ1) is 43.9. The Labute approximate surface area is 314 Å². The van der Waals surface area contributed by atoms with E-state index >= 15 is 0 Å². The molecule has 1 aromatic carbocycles. The molecule has 0 saturated carbocycles. The normalized spacial score (nSPS) is 24.9.